The first kappa shape index (κ1) is 14.8. The number of rotatable bonds is 5. The van der Waals surface area contributed by atoms with E-state index in [-0.39, 0.29) is 19.2 Å². The van der Waals surface area contributed by atoms with Crippen LogP contribution in [-0.2, 0) is 16.1 Å². The van der Waals surface area contributed by atoms with Gasteiger partial charge in [-0.15, -0.1) is 0 Å². The first-order valence-corrected chi connectivity index (χ1v) is 7.53. The molecule has 0 amide bonds. The highest BCUT2D eigenvalue weighted by molar-refractivity contribution is 5.43. The average molecular weight is 304 g/mol. The Bertz CT molecular complexity index is 552. The lowest BCUT2D eigenvalue weighted by Crippen LogP contribution is -2.23. The van der Waals surface area contributed by atoms with Crippen molar-refractivity contribution in [1.82, 2.24) is 0 Å². The minimum Gasteiger partial charge on any atom is -0.463 e. The van der Waals surface area contributed by atoms with Crippen LogP contribution < -0.4 is 9.47 Å². The molecule has 0 spiro atoms. The van der Waals surface area contributed by atoms with Crippen LogP contribution in [0, 0.1) is 0 Å². The molecule has 22 heavy (non-hydrogen) atoms. The first-order chi connectivity index (χ1) is 10.8. The summed E-state index contributed by atoms with van der Waals surface area (Å²) < 4.78 is 22.6. The van der Waals surface area contributed by atoms with E-state index >= 15 is 0 Å². The van der Waals surface area contributed by atoms with Crippen molar-refractivity contribution in [2.75, 3.05) is 0 Å². The van der Waals surface area contributed by atoms with E-state index in [0.29, 0.717) is 11.5 Å². The van der Waals surface area contributed by atoms with Crippen LogP contribution in [-0.4, -0.2) is 17.7 Å². The molecule has 5 heteroatoms. The standard InChI is InChI=1S/C17H20O5/c18-12-13-7-8-14(21-16-5-1-3-9-19-16)15(11-13)22-17-6-2-4-10-20-17/h3-4,7-11,16-18H,1-2,5-6,12H2. The monoisotopic (exact) mass is 304 g/mol. The Kier molecular flexibility index (Phi) is 4.85. The van der Waals surface area contributed by atoms with E-state index in [0.717, 1.165) is 31.2 Å². The van der Waals surface area contributed by atoms with Crippen molar-refractivity contribution in [3.63, 3.8) is 0 Å². The molecule has 1 N–H and O–H groups in total. The number of aliphatic hydroxyl groups is 1. The Morgan fingerprint density at radius 2 is 1.59 bits per heavy atom. The second-order valence-corrected chi connectivity index (χ2v) is 5.20. The molecular weight excluding hydrogens is 284 g/mol. The van der Waals surface area contributed by atoms with Gasteiger partial charge in [0.05, 0.1) is 19.1 Å². The van der Waals surface area contributed by atoms with Crippen molar-refractivity contribution in [1.29, 1.82) is 0 Å². The third kappa shape index (κ3) is 3.74. The summed E-state index contributed by atoms with van der Waals surface area (Å²) in [6.07, 6.45) is 9.99. The summed E-state index contributed by atoms with van der Waals surface area (Å²) in [5.41, 5.74) is 0.762. The number of aliphatic hydroxyl groups excluding tert-OH is 1. The van der Waals surface area contributed by atoms with Crippen molar-refractivity contribution < 1.29 is 24.1 Å². The number of hydrogen-bond donors (Lipinski definition) is 1. The van der Waals surface area contributed by atoms with E-state index in [1.165, 1.54) is 0 Å². The van der Waals surface area contributed by atoms with Gasteiger partial charge in [-0.25, -0.2) is 0 Å². The quantitative estimate of drug-likeness (QED) is 0.905. The van der Waals surface area contributed by atoms with Crippen molar-refractivity contribution in [2.45, 2.75) is 44.9 Å². The predicted molar refractivity (Wildman–Crippen MR) is 80.1 cm³/mol. The van der Waals surface area contributed by atoms with Gasteiger partial charge in [-0.05, 0) is 42.7 Å². The molecule has 2 atom stereocenters. The molecule has 5 nitrogen and oxygen atoms in total. The van der Waals surface area contributed by atoms with Gasteiger partial charge in [0.2, 0.25) is 12.6 Å². The number of ether oxygens (including phenoxy) is 4. The topological polar surface area (TPSA) is 57.2 Å². The van der Waals surface area contributed by atoms with Crippen LogP contribution in [0.4, 0.5) is 0 Å². The molecule has 2 aliphatic heterocycles. The molecule has 1 aromatic rings. The molecule has 2 heterocycles. The number of allylic oxidation sites excluding steroid dienone is 2. The molecule has 0 radical (unpaired) electrons. The van der Waals surface area contributed by atoms with E-state index in [4.69, 9.17) is 18.9 Å². The maximum absolute atomic E-state index is 9.31. The van der Waals surface area contributed by atoms with E-state index < -0.39 is 0 Å². The second kappa shape index (κ2) is 7.22. The lowest BCUT2D eigenvalue weighted by molar-refractivity contribution is -0.0590. The van der Waals surface area contributed by atoms with Crippen molar-refractivity contribution >= 4 is 0 Å². The highest BCUT2D eigenvalue weighted by Crippen LogP contribution is 2.32. The van der Waals surface area contributed by atoms with Crippen molar-refractivity contribution in [3.05, 3.63) is 48.4 Å². The summed E-state index contributed by atoms with van der Waals surface area (Å²) in [6, 6.07) is 5.37. The zero-order valence-corrected chi connectivity index (χ0v) is 12.3. The largest absolute Gasteiger partial charge is 0.463 e. The summed E-state index contributed by atoms with van der Waals surface area (Å²) in [6.45, 7) is -0.0509. The molecule has 0 saturated heterocycles. The van der Waals surface area contributed by atoms with Crippen LogP contribution in [0.2, 0.25) is 0 Å². The van der Waals surface area contributed by atoms with Crippen LogP contribution in [0.25, 0.3) is 0 Å². The molecule has 0 saturated carbocycles. The van der Waals surface area contributed by atoms with Gasteiger partial charge in [-0.2, -0.15) is 0 Å². The third-order valence-corrected chi connectivity index (χ3v) is 3.50. The van der Waals surface area contributed by atoms with Crippen molar-refractivity contribution in [2.24, 2.45) is 0 Å². The molecule has 0 aliphatic carbocycles. The summed E-state index contributed by atoms with van der Waals surface area (Å²) >= 11 is 0. The van der Waals surface area contributed by atoms with E-state index in [1.807, 2.05) is 18.2 Å². The predicted octanol–water partition coefficient (Wildman–Crippen LogP) is 3.24. The van der Waals surface area contributed by atoms with Crippen molar-refractivity contribution in [3.8, 4) is 11.5 Å². The molecule has 2 unspecified atom stereocenters. The number of hydrogen-bond acceptors (Lipinski definition) is 5. The normalized spacial score (nSPS) is 23.5. The summed E-state index contributed by atoms with van der Waals surface area (Å²) in [4.78, 5) is 0. The molecule has 118 valence electrons. The van der Waals surface area contributed by atoms with Crippen LogP contribution in [0.1, 0.15) is 31.2 Å². The fraction of sp³-hybridized carbons (Fsp3) is 0.412. The van der Waals surface area contributed by atoms with Gasteiger partial charge in [0.1, 0.15) is 0 Å². The van der Waals surface area contributed by atoms with Gasteiger partial charge in [0.25, 0.3) is 0 Å². The molecular formula is C17H20O5. The van der Waals surface area contributed by atoms with Gasteiger partial charge in [0.15, 0.2) is 11.5 Å². The lowest BCUT2D eigenvalue weighted by atomic mass is 10.2. The maximum Gasteiger partial charge on any atom is 0.240 e. The Morgan fingerprint density at radius 3 is 2.14 bits per heavy atom. The second-order valence-electron chi connectivity index (χ2n) is 5.20. The van der Waals surface area contributed by atoms with Crippen LogP contribution in [0.15, 0.2) is 42.9 Å². The minimum atomic E-state index is -0.339. The molecule has 2 aliphatic rings. The SMILES string of the molecule is OCc1ccc(OC2CCC=CO2)c(OC2CCC=CO2)c1. The molecule has 0 aromatic heterocycles. The Morgan fingerprint density at radius 1 is 0.955 bits per heavy atom. The highest BCUT2D eigenvalue weighted by Gasteiger charge is 2.19. The van der Waals surface area contributed by atoms with Gasteiger partial charge in [0, 0.05) is 12.8 Å². The van der Waals surface area contributed by atoms with E-state index in [2.05, 4.69) is 0 Å². The van der Waals surface area contributed by atoms with Crippen LogP contribution in [0.5, 0.6) is 11.5 Å². The fourth-order valence-electron chi connectivity index (χ4n) is 2.32. The lowest BCUT2D eigenvalue weighted by Gasteiger charge is -2.25. The molecule has 0 fully saturated rings. The van der Waals surface area contributed by atoms with Crippen LogP contribution in [0.3, 0.4) is 0 Å². The molecule has 0 bridgehead atoms. The minimum absolute atomic E-state index is 0.0509. The molecule has 1 aromatic carbocycles. The van der Waals surface area contributed by atoms with E-state index in [9.17, 15) is 5.11 Å². The van der Waals surface area contributed by atoms with E-state index in [1.54, 1.807) is 24.7 Å². The zero-order valence-electron chi connectivity index (χ0n) is 12.3. The summed E-state index contributed by atoms with van der Waals surface area (Å²) in [7, 11) is 0. The van der Waals surface area contributed by atoms with Gasteiger partial charge < -0.3 is 24.1 Å². The highest BCUT2D eigenvalue weighted by atomic mass is 16.7. The maximum atomic E-state index is 9.31. The zero-order chi connectivity index (χ0) is 15.2. The average Bonchev–Trinajstić information content (AvgIpc) is 2.58. The summed E-state index contributed by atoms with van der Waals surface area (Å²) in [5, 5.41) is 9.31. The smallest absolute Gasteiger partial charge is 0.240 e. The van der Waals surface area contributed by atoms with Gasteiger partial charge in [-0.1, -0.05) is 6.07 Å². The fourth-order valence-corrected chi connectivity index (χ4v) is 2.32. The van der Waals surface area contributed by atoms with Gasteiger partial charge in [-0.3, -0.25) is 0 Å². The molecule has 3 rings (SSSR count). The Labute approximate surface area is 129 Å². The Balaban J connectivity index is 1.75. The van der Waals surface area contributed by atoms with Crippen LogP contribution >= 0.6 is 0 Å². The Hall–Kier alpha value is -2.14. The first-order valence-electron chi connectivity index (χ1n) is 7.53. The summed E-state index contributed by atoms with van der Waals surface area (Å²) in [5.74, 6) is 1.15. The third-order valence-electron chi connectivity index (χ3n) is 3.50. The van der Waals surface area contributed by atoms with Gasteiger partial charge >= 0.3 is 0 Å². The number of benzene rings is 1.